The number of hydrogen-bond acceptors (Lipinski definition) is 3. The minimum atomic E-state index is -3.91. The molecule has 1 aromatic carbocycles. The first kappa shape index (κ1) is 15.7. The Hall–Kier alpha value is -0.690. The van der Waals surface area contributed by atoms with Gasteiger partial charge >= 0.3 is 0 Å². The Balaban J connectivity index is 2.22. The van der Waals surface area contributed by atoms with E-state index >= 15 is 0 Å². The fourth-order valence-electron chi connectivity index (χ4n) is 2.11. The van der Waals surface area contributed by atoms with Gasteiger partial charge in [0, 0.05) is 23.7 Å². The summed E-state index contributed by atoms with van der Waals surface area (Å²) in [6.07, 6.45) is 2.26. The zero-order valence-electron chi connectivity index (χ0n) is 11.2. The number of sulfonamides is 1. The second-order valence-electron chi connectivity index (χ2n) is 5.25. The van der Waals surface area contributed by atoms with E-state index in [1.165, 1.54) is 6.07 Å². The molecule has 1 aliphatic rings. The van der Waals surface area contributed by atoms with Crippen LogP contribution in [-0.2, 0) is 16.6 Å². The fraction of sp³-hybridized carbons (Fsp3) is 0.538. The molecule has 0 aromatic heterocycles. The lowest BCUT2D eigenvalue weighted by atomic mass is 10.1. The van der Waals surface area contributed by atoms with Crippen molar-refractivity contribution < 1.29 is 12.8 Å². The van der Waals surface area contributed by atoms with Crippen molar-refractivity contribution in [2.24, 2.45) is 17.6 Å². The van der Waals surface area contributed by atoms with E-state index in [4.69, 9.17) is 17.3 Å². The van der Waals surface area contributed by atoms with Crippen LogP contribution in [0.1, 0.15) is 25.3 Å². The number of nitrogens with two attached hydrogens (primary N) is 1. The predicted molar refractivity (Wildman–Crippen MR) is 76.4 cm³/mol. The van der Waals surface area contributed by atoms with E-state index in [0.29, 0.717) is 12.5 Å². The van der Waals surface area contributed by atoms with Gasteiger partial charge in [-0.3, -0.25) is 0 Å². The van der Waals surface area contributed by atoms with Crippen LogP contribution in [0.25, 0.3) is 0 Å². The molecule has 1 fully saturated rings. The van der Waals surface area contributed by atoms with E-state index in [0.717, 1.165) is 18.9 Å². The minimum Gasteiger partial charge on any atom is -0.326 e. The Morgan fingerprint density at radius 2 is 2.15 bits per heavy atom. The fourth-order valence-corrected chi connectivity index (χ4v) is 3.71. The maximum atomic E-state index is 14.1. The van der Waals surface area contributed by atoms with Crippen molar-refractivity contribution >= 4 is 21.6 Å². The summed E-state index contributed by atoms with van der Waals surface area (Å²) >= 11 is 5.82. The minimum absolute atomic E-state index is 0.0908. The van der Waals surface area contributed by atoms with Crippen LogP contribution in [0.15, 0.2) is 17.0 Å². The van der Waals surface area contributed by atoms with Crippen LogP contribution < -0.4 is 10.5 Å². The molecule has 0 bridgehead atoms. The third-order valence-electron chi connectivity index (χ3n) is 3.61. The zero-order valence-corrected chi connectivity index (χ0v) is 12.8. The molecule has 4 nitrogen and oxygen atoms in total. The predicted octanol–water partition coefficient (Wildman–Crippen LogP) is 2.26. The summed E-state index contributed by atoms with van der Waals surface area (Å²) in [5.41, 5.74) is 5.48. The highest BCUT2D eigenvalue weighted by Crippen LogP contribution is 2.36. The molecule has 1 unspecified atom stereocenters. The number of rotatable bonds is 6. The van der Waals surface area contributed by atoms with Gasteiger partial charge in [0.25, 0.3) is 0 Å². The van der Waals surface area contributed by atoms with Gasteiger partial charge in [0.05, 0.1) is 0 Å². The van der Waals surface area contributed by atoms with Crippen LogP contribution in [0.4, 0.5) is 4.39 Å². The molecule has 2 rings (SSSR count). The Kier molecular flexibility index (Phi) is 4.69. The molecule has 0 spiro atoms. The first-order valence-corrected chi connectivity index (χ1v) is 8.39. The van der Waals surface area contributed by atoms with Crippen LogP contribution in [0.5, 0.6) is 0 Å². The molecule has 20 heavy (non-hydrogen) atoms. The lowest BCUT2D eigenvalue weighted by molar-refractivity contribution is 0.488. The zero-order chi connectivity index (χ0) is 14.9. The van der Waals surface area contributed by atoms with Gasteiger partial charge in [-0.05, 0) is 36.8 Å². The molecule has 1 saturated carbocycles. The van der Waals surface area contributed by atoms with E-state index in [1.807, 2.05) is 6.92 Å². The Morgan fingerprint density at radius 1 is 1.50 bits per heavy atom. The van der Waals surface area contributed by atoms with E-state index in [1.54, 1.807) is 0 Å². The molecule has 1 aliphatic carbocycles. The van der Waals surface area contributed by atoms with Gasteiger partial charge in [0.2, 0.25) is 10.0 Å². The number of halogens is 2. The van der Waals surface area contributed by atoms with Crippen molar-refractivity contribution in [3.8, 4) is 0 Å². The van der Waals surface area contributed by atoms with Crippen molar-refractivity contribution in [2.45, 2.75) is 31.2 Å². The summed E-state index contributed by atoms with van der Waals surface area (Å²) < 4.78 is 40.9. The number of nitrogens with one attached hydrogen (secondary N) is 1. The molecule has 0 saturated heterocycles. The van der Waals surface area contributed by atoms with Crippen molar-refractivity contribution in [3.63, 3.8) is 0 Å². The maximum absolute atomic E-state index is 14.1. The molecule has 0 heterocycles. The summed E-state index contributed by atoms with van der Waals surface area (Å²) in [6.45, 7) is 2.18. The second-order valence-corrected chi connectivity index (χ2v) is 7.42. The molecule has 112 valence electrons. The number of benzene rings is 1. The molecule has 0 aliphatic heterocycles. The highest BCUT2D eigenvalue weighted by atomic mass is 35.5. The summed E-state index contributed by atoms with van der Waals surface area (Å²) in [7, 11) is -3.91. The highest BCUT2D eigenvalue weighted by molar-refractivity contribution is 7.89. The normalized spacial score (nSPS) is 17.2. The average Bonchev–Trinajstić information content (AvgIpc) is 3.22. The standard InChI is InChI=1S/C13H18ClFN2O2S/c1-8(9-2-3-9)7-17-20(18,19)12-5-11(14)4-10(6-16)13(12)15/h4-5,8-9,17H,2-3,6-7,16H2,1H3. The summed E-state index contributed by atoms with van der Waals surface area (Å²) in [4.78, 5) is -0.437. The third kappa shape index (κ3) is 3.49. The molecular weight excluding hydrogens is 303 g/mol. The average molecular weight is 321 g/mol. The smallest absolute Gasteiger partial charge is 0.243 e. The first-order valence-electron chi connectivity index (χ1n) is 6.53. The van der Waals surface area contributed by atoms with Crippen molar-refractivity contribution in [1.29, 1.82) is 0 Å². The topological polar surface area (TPSA) is 72.2 Å². The van der Waals surface area contributed by atoms with Gasteiger partial charge in [0.1, 0.15) is 10.7 Å². The number of hydrogen-bond donors (Lipinski definition) is 2. The van der Waals surface area contributed by atoms with Crippen molar-refractivity contribution in [3.05, 3.63) is 28.5 Å². The van der Waals surface area contributed by atoms with Crippen LogP contribution >= 0.6 is 11.6 Å². The molecule has 7 heteroatoms. The van der Waals surface area contributed by atoms with E-state index in [-0.39, 0.29) is 23.0 Å². The van der Waals surface area contributed by atoms with Gasteiger partial charge in [-0.25, -0.2) is 17.5 Å². The lowest BCUT2D eigenvalue weighted by Crippen LogP contribution is -2.30. The lowest BCUT2D eigenvalue weighted by Gasteiger charge is -2.13. The Bertz CT molecular complexity index is 603. The molecular formula is C13H18ClFN2O2S. The van der Waals surface area contributed by atoms with Gasteiger partial charge in [-0.2, -0.15) is 0 Å². The van der Waals surface area contributed by atoms with Gasteiger partial charge in [0.15, 0.2) is 0 Å². The quantitative estimate of drug-likeness (QED) is 0.844. The van der Waals surface area contributed by atoms with Crippen LogP contribution in [0.3, 0.4) is 0 Å². The van der Waals surface area contributed by atoms with Gasteiger partial charge in [-0.15, -0.1) is 0 Å². The van der Waals surface area contributed by atoms with E-state index in [2.05, 4.69) is 4.72 Å². The second kappa shape index (κ2) is 5.97. The van der Waals surface area contributed by atoms with Crippen molar-refractivity contribution in [2.75, 3.05) is 6.54 Å². The largest absolute Gasteiger partial charge is 0.326 e. The summed E-state index contributed by atoms with van der Waals surface area (Å²) in [5.74, 6) is -0.00835. The summed E-state index contributed by atoms with van der Waals surface area (Å²) in [6, 6.07) is 2.45. The highest BCUT2D eigenvalue weighted by Gasteiger charge is 2.29. The van der Waals surface area contributed by atoms with E-state index in [9.17, 15) is 12.8 Å². The van der Waals surface area contributed by atoms with Crippen LogP contribution in [-0.4, -0.2) is 15.0 Å². The summed E-state index contributed by atoms with van der Waals surface area (Å²) in [5, 5.41) is 0.155. The van der Waals surface area contributed by atoms with E-state index < -0.39 is 20.7 Å². The third-order valence-corrected chi connectivity index (χ3v) is 5.25. The molecule has 1 atom stereocenters. The molecule has 3 N–H and O–H groups in total. The SMILES string of the molecule is CC(CNS(=O)(=O)c1cc(Cl)cc(CN)c1F)C1CC1. The van der Waals surface area contributed by atoms with Crippen LogP contribution in [0, 0.1) is 17.7 Å². The van der Waals surface area contributed by atoms with Gasteiger partial charge < -0.3 is 5.73 Å². The van der Waals surface area contributed by atoms with Crippen LogP contribution in [0.2, 0.25) is 5.02 Å². The molecule has 0 radical (unpaired) electrons. The monoisotopic (exact) mass is 320 g/mol. The first-order chi connectivity index (χ1) is 9.35. The Labute approximate surface area is 123 Å². The van der Waals surface area contributed by atoms with Crippen molar-refractivity contribution in [1.82, 2.24) is 4.72 Å². The Morgan fingerprint density at radius 3 is 2.70 bits per heavy atom. The molecule has 1 aromatic rings. The van der Waals surface area contributed by atoms with Gasteiger partial charge in [-0.1, -0.05) is 18.5 Å². The maximum Gasteiger partial charge on any atom is 0.243 e. The molecule has 0 amide bonds.